The van der Waals surface area contributed by atoms with Gasteiger partial charge in [0.15, 0.2) is 0 Å². The van der Waals surface area contributed by atoms with Gasteiger partial charge in [-0.1, -0.05) is 11.6 Å². The summed E-state index contributed by atoms with van der Waals surface area (Å²) in [6.07, 6.45) is 7.18. The molecule has 0 fully saturated rings. The summed E-state index contributed by atoms with van der Waals surface area (Å²) in [5.41, 5.74) is 5.49. The number of benzene rings is 1. The minimum Gasteiger partial charge on any atom is -0.344 e. The smallest absolute Gasteiger partial charge is 0.0505 e. The Balaban J connectivity index is 1.94. The van der Waals surface area contributed by atoms with E-state index in [4.69, 9.17) is 11.6 Å². The van der Waals surface area contributed by atoms with Crippen molar-refractivity contribution in [1.82, 2.24) is 14.5 Å². The molecule has 3 aromatic heterocycles. The first-order valence-electron chi connectivity index (χ1n) is 7.34. The first-order valence-corrected chi connectivity index (χ1v) is 7.71. The summed E-state index contributed by atoms with van der Waals surface area (Å²) < 4.78 is 2.16. The van der Waals surface area contributed by atoms with Crippen LogP contribution >= 0.6 is 11.6 Å². The molecule has 0 amide bonds. The summed E-state index contributed by atoms with van der Waals surface area (Å²) in [6, 6.07) is 14.3. The molecule has 0 aliphatic rings. The van der Waals surface area contributed by atoms with Crippen LogP contribution in [0.1, 0.15) is 0 Å². The maximum atomic E-state index is 6.52. The first-order chi connectivity index (χ1) is 11.2. The number of rotatable bonds is 2. The highest BCUT2D eigenvalue weighted by Crippen LogP contribution is 2.35. The van der Waals surface area contributed by atoms with Crippen LogP contribution in [0, 0.1) is 0 Å². The minimum atomic E-state index is 0.742. The SMILES string of the molecule is Cn1c(-c2ccncc2)cc2cc(-c3ccncc3)c(Cl)cc21. The predicted octanol–water partition coefficient (Wildman–Crippen LogP) is 4.96. The molecule has 3 nitrogen and oxygen atoms in total. The topological polar surface area (TPSA) is 30.7 Å². The van der Waals surface area contributed by atoms with E-state index in [0.29, 0.717) is 0 Å². The predicted molar refractivity (Wildman–Crippen MR) is 94.4 cm³/mol. The molecule has 0 unspecified atom stereocenters. The van der Waals surface area contributed by atoms with Gasteiger partial charge in [-0.05, 0) is 48.0 Å². The van der Waals surface area contributed by atoms with E-state index >= 15 is 0 Å². The fourth-order valence-electron chi connectivity index (χ4n) is 2.91. The second kappa shape index (κ2) is 5.52. The zero-order valence-corrected chi connectivity index (χ0v) is 13.3. The number of aromatic nitrogens is 3. The van der Waals surface area contributed by atoms with Crippen LogP contribution in [0.3, 0.4) is 0 Å². The molecule has 112 valence electrons. The van der Waals surface area contributed by atoms with E-state index in [1.165, 1.54) is 0 Å². The average Bonchev–Trinajstić information content (AvgIpc) is 2.92. The van der Waals surface area contributed by atoms with Crippen LogP contribution in [0.4, 0.5) is 0 Å². The molecule has 0 saturated heterocycles. The largest absolute Gasteiger partial charge is 0.344 e. The van der Waals surface area contributed by atoms with E-state index in [2.05, 4.69) is 33.7 Å². The van der Waals surface area contributed by atoms with Crippen molar-refractivity contribution in [3.05, 3.63) is 72.3 Å². The van der Waals surface area contributed by atoms with Crippen molar-refractivity contribution < 1.29 is 0 Å². The molecule has 4 aromatic rings. The standard InChI is InChI=1S/C19H14ClN3/c1-23-18(14-4-8-22-9-5-14)11-15-10-16(17(20)12-19(15)23)13-2-6-21-7-3-13/h2-12H,1H3. The quantitative estimate of drug-likeness (QED) is 0.523. The van der Waals surface area contributed by atoms with Crippen molar-refractivity contribution in [1.29, 1.82) is 0 Å². The van der Waals surface area contributed by atoms with Gasteiger partial charge in [-0.2, -0.15) is 0 Å². The van der Waals surface area contributed by atoms with Gasteiger partial charge in [0.1, 0.15) is 0 Å². The summed E-state index contributed by atoms with van der Waals surface area (Å²) >= 11 is 6.52. The maximum Gasteiger partial charge on any atom is 0.0505 e. The second-order valence-electron chi connectivity index (χ2n) is 5.45. The fourth-order valence-corrected chi connectivity index (χ4v) is 3.18. The zero-order valence-electron chi connectivity index (χ0n) is 12.6. The number of fused-ring (bicyclic) bond motifs is 1. The number of aryl methyl sites for hydroxylation is 1. The van der Waals surface area contributed by atoms with E-state index in [9.17, 15) is 0 Å². The Hall–Kier alpha value is -2.65. The average molecular weight is 320 g/mol. The zero-order chi connectivity index (χ0) is 15.8. The summed E-state index contributed by atoms with van der Waals surface area (Å²) in [7, 11) is 2.06. The molecule has 0 aliphatic carbocycles. The van der Waals surface area contributed by atoms with Crippen molar-refractivity contribution in [3.8, 4) is 22.4 Å². The molecule has 1 aromatic carbocycles. The van der Waals surface area contributed by atoms with Crippen LogP contribution in [0.5, 0.6) is 0 Å². The third kappa shape index (κ3) is 2.39. The molecule has 0 saturated carbocycles. The van der Waals surface area contributed by atoms with E-state index in [-0.39, 0.29) is 0 Å². The molecule has 0 spiro atoms. The molecule has 23 heavy (non-hydrogen) atoms. The lowest BCUT2D eigenvalue weighted by atomic mass is 10.0. The van der Waals surface area contributed by atoms with Gasteiger partial charge < -0.3 is 4.57 Å². The van der Waals surface area contributed by atoms with Crippen molar-refractivity contribution in [2.45, 2.75) is 0 Å². The lowest BCUT2D eigenvalue weighted by Crippen LogP contribution is -1.91. The second-order valence-corrected chi connectivity index (χ2v) is 5.86. The highest BCUT2D eigenvalue weighted by atomic mass is 35.5. The van der Waals surface area contributed by atoms with E-state index < -0.39 is 0 Å². The van der Waals surface area contributed by atoms with Crippen LogP contribution in [0.25, 0.3) is 33.3 Å². The Kier molecular flexibility index (Phi) is 3.36. The van der Waals surface area contributed by atoms with Crippen molar-refractivity contribution >= 4 is 22.5 Å². The summed E-state index contributed by atoms with van der Waals surface area (Å²) in [4.78, 5) is 8.15. The fraction of sp³-hybridized carbons (Fsp3) is 0.0526. The highest BCUT2D eigenvalue weighted by Gasteiger charge is 2.12. The molecule has 3 heterocycles. The van der Waals surface area contributed by atoms with Crippen molar-refractivity contribution in [2.24, 2.45) is 7.05 Å². The first kappa shape index (κ1) is 14.0. The van der Waals surface area contributed by atoms with Crippen molar-refractivity contribution in [3.63, 3.8) is 0 Å². The number of halogens is 1. The van der Waals surface area contributed by atoms with Crippen LogP contribution in [0.2, 0.25) is 5.02 Å². The van der Waals surface area contributed by atoms with Crippen LogP contribution in [-0.4, -0.2) is 14.5 Å². The Morgan fingerprint density at radius 1 is 0.826 bits per heavy atom. The lowest BCUT2D eigenvalue weighted by molar-refractivity contribution is 0.977. The molecule has 4 rings (SSSR count). The number of nitrogens with zero attached hydrogens (tertiary/aromatic N) is 3. The van der Waals surface area contributed by atoms with Gasteiger partial charge in [-0.15, -0.1) is 0 Å². The monoisotopic (exact) mass is 319 g/mol. The van der Waals surface area contributed by atoms with Gasteiger partial charge in [-0.25, -0.2) is 0 Å². The number of hydrogen-bond acceptors (Lipinski definition) is 2. The van der Waals surface area contributed by atoms with E-state index in [1.54, 1.807) is 12.4 Å². The van der Waals surface area contributed by atoms with Crippen LogP contribution < -0.4 is 0 Å². The Bertz CT molecular complexity index is 938. The maximum absolute atomic E-state index is 6.52. The van der Waals surface area contributed by atoms with Crippen LogP contribution in [-0.2, 0) is 7.05 Å². The molecular formula is C19H14ClN3. The molecule has 0 aliphatic heterocycles. The summed E-state index contributed by atoms with van der Waals surface area (Å²) in [5, 5.41) is 1.90. The summed E-state index contributed by atoms with van der Waals surface area (Å²) in [6.45, 7) is 0. The normalized spacial score (nSPS) is 11.0. The van der Waals surface area contributed by atoms with Gasteiger partial charge in [0, 0.05) is 59.6 Å². The van der Waals surface area contributed by atoms with Gasteiger partial charge >= 0.3 is 0 Å². The molecular weight excluding hydrogens is 306 g/mol. The Labute approximate surface area is 139 Å². The van der Waals surface area contributed by atoms with E-state index in [0.717, 1.165) is 38.3 Å². The Morgan fingerprint density at radius 3 is 2.09 bits per heavy atom. The molecule has 0 bridgehead atoms. The molecule has 0 N–H and O–H groups in total. The van der Waals surface area contributed by atoms with Crippen molar-refractivity contribution in [2.75, 3.05) is 0 Å². The third-order valence-electron chi connectivity index (χ3n) is 4.10. The third-order valence-corrected chi connectivity index (χ3v) is 4.41. The minimum absolute atomic E-state index is 0.742. The highest BCUT2D eigenvalue weighted by molar-refractivity contribution is 6.34. The van der Waals surface area contributed by atoms with E-state index in [1.807, 2.05) is 42.7 Å². The molecule has 0 radical (unpaired) electrons. The van der Waals surface area contributed by atoms with Gasteiger partial charge in [0.2, 0.25) is 0 Å². The van der Waals surface area contributed by atoms with Gasteiger partial charge in [0.05, 0.1) is 5.02 Å². The molecule has 4 heteroatoms. The summed E-state index contributed by atoms with van der Waals surface area (Å²) in [5.74, 6) is 0. The molecule has 0 atom stereocenters. The van der Waals surface area contributed by atoms with Gasteiger partial charge in [-0.3, -0.25) is 9.97 Å². The van der Waals surface area contributed by atoms with Crippen LogP contribution in [0.15, 0.2) is 67.3 Å². The number of pyridine rings is 2. The Morgan fingerprint density at radius 2 is 1.43 bits per heavy atom. The number of hydrogen-bond donors (Lipinski definition) is 0. The van der Waals surface area contributed by atoms with Gasteiger partial charge in [0.25, 0.3) is 0 Å². The lowest BCUT2D eigenvalue weighted by Gasteiger charge is -2.07.